The molecule has 0 amide bonds. The minimum absolute atomic E-state index is 0.0155. The van der Waals surface area contributed by atoms with E-state index in [1.165, 1.54) is 16.4 Å². The molecule has 0 unspecified atom stereocenters. The first-order chi connectivity index (χ1) is 9.88. The number of aliphatic hydroxyl groups is 1. The zero-order valence-electron chi connectivity index (χ0n) is 12.3. The van der Waals surface area contributed by atoms with Crippen LogP contribution in [0.4, 0.5) is 0 Å². The number of nitrogens with one attached hydrogen (secondary N) is 1. The monoisotopic (exact) mass is 332 g/mol. The first-order valence-electron chi connectivity index (χ1n) is 6.54. The molecule has 0 aliphatic carbocycles. The van der Waals surface area contributed by atoms with Crippen LogP contribution in [0.1, 0.15) is 11.1 Å². The highest BCUT2D eigenvalue weighted by atomic mass is 35.5. The Balaban J connectivity index is 3.38. The van der Waals surface area contributed by atoms with Gasteiger partial charge in [0.2, 0.25) is 10.0 Å². The molecule has 1 rings (SSSR count). The van der Waals surface area contributed by atoms with E-state index in [0.717, 1.165) is 5.56 Å². The Hall–Kier alpha value is -0.920. The maximum atomic E-state index is 12.7. The lowest BCUT2D eigenvalue weighted by molar-refractivity contribution is 0.260. The molecule has 0 spiro atoms. The van der Waals surface area contributed by atoms with Gasteiger partial charge in [0, 0.05) is 24.7 Å². The first-order valence-corrected chi connectivity index (χ1v) is 8.35. The summed E-state index contributed by atoms with van der Waals surface area (Å²) in [6.07, 6.45) is 1.49. The van der Waals surface area contributed by atoms with Crippen LogP contribution >= 0.6 is 11.6 Å². The van der Waals surface area contributed by atoms with E-state index >= 15 is 0 Å². The fourth-order valence-corrected chi connectivity index (χ4v) is 4.06. The Bertz CT molecular complexity index is 602. The molecule has 2 N–H and O–H groups in total. The number of aliphatic hydroxyl groups excluding tert-OH is 1. The molecule has 0 radical (unpaired) electrons. The van der Waals surface area contributed by atoms with Gasteiger partial charge in [-0.15, -0.1) is 6.58 Å². The molecule has 0 heterocycles. The number of halogens is 1. The average molecular weight is 333 g/mol. The third kappa shape index (κ3) is 4.28. The summed E-state index contributed by atoms with van der Waals surface area (Å²) in [5, 5.41) is 12.4. The molecule has 5 nitrogen and oxygen atoms in total. The van der Waals surface area contributed by atoms with Crippen LogP contribution in [0.3, 0.4) is 0 Å². The van der Waals surface area contributed by atoms with Crippen LogP contribution in [0.2, 0.25) is 5.02 Å². The smallest absolute Gasteiger partial charge is 0.243 e. The van der Waals surface area contributed by atoms with Crippen molar-refractivity contribution < 1.29 is 13.5 Å². The van der Waals surface area contributed by atoms with E-state index in [-0.39, 0.29) is 24.6 Å². The van der Waals surface area contributed by atoms with E-state index in [4.69, 9.17) is 16.7 Å². The summed E-state index contributed by atoms with van der Waals surface area (Å²) in [6, 6.07) is 3.19. The molecule has 1 aromatic rings. The Morgan fingerprint density at radius 2 is 2.14 bits per heavy atom. The molecule has 0 bridgehead atoms. The van der Waals surface area contributed by atoms with Crippen molar-refractivity contribution in [1.29, 1.82) is 0 Å². The molecule has 7 heteroatoms. The van der Waals surface area contributed by atoms with Crippen LogP contribution < -0.4 is 5.32 Å². The zero-order chi connectivity index (χ0) is 16.0. The van der Waals surface area contributed by atoms with Gasteiger partial charge in [0.25, 0.3) is 0 Å². The summed E-state index contributed by atoms with van der Waals surface area (Å²) in [7, 11) is -1.95. The van der Waals surface area contributed by atoms with E-state index < -0.39 is 10.0 Å². The topological polar surface area (TPSA) is 69.6 Å². The van der Waals surface area contributed by atoms with Crippen molar-refractivity contribution in [3.8, 4) is 0 Å². The van der Waals surface area contributed by atoms with Gasteiger partial charge in [-0.05, 0) is 37.2 Å². The normalized spacial score (nSPS) is 11.9. The maximum Gasteiger partial charge on any atom is 0.243 e. The van der Waals surface area contributed by atoms with Crippen molar-refractivity contribution in [1.82, 2.24) is 9.62 Å². The molecule has 0 aliphatic rings. The van der Waals surface area contributed by atoms with Gasteiger partial charge < -0.3 is 10.4 Å². The second kappa shape index (κ2) is 7.91. The molecular formula is C14H21ClN2O3S. The van der Waals surface area contributed by atoms with Crippen LogP contribution in [-0.2, 0) is 16.6 Å². The summed E-state index contributed by atoms with van der Waals surface area (Å²) in [4.78, 5) is 0.163. The van der Waals surface area contributed by atoms with Crippen LogP contribution in [0.15, 0.2) is 29.7 Å². The van der Waals surface area contributed by atoms with Crippen LogP contribution in [-0.4, -0.2) is 44.6 Å². The summed E-state index contributed by atoms with van der Waals surface area (Å²) < 4.78 is 26.6. The molecule has 0 fully saturated rings. The number of hydrogen-bond donors (Lipinski definition) is 2. The van der Waals surface area contributed by atoms with Crippen LogP contribution in [0, 0.1) is 6.92 Å². The minimum Gasteiger partial charge on any atom is -0.395 e. The van der Waals surface area contributed by atoms with E-state index in [1.54, 1.807) is 20.0 Å². The highest BCUT2D eigenvalue weighted by Crippen LogP contribution is 2.27. The number of sulfonamides is 1. The van der Waals surface area contributed by atoms with Crippen LogP contribution in [0.25, 0.3) is 0 Å². The standard InChI is InChI=1S/C14H21ClN2O3S/c1-4-5-17(6-7-18)21(19,20)14-9-13(15)8-12(10-16-3)11(14)2/h4,8-9,16,18H,1,5-7,10H2,2-3H3. The molecule has 0 aromatic heterocycles. The lowest BCUT2D eigenvalue weighted by atomic mass is 10.1. The van der Waals surface area contributed by atoms with Crippen molar-refractivity contribution in [3.05, 3.63) is 40.9 Å². The number of hydrogen-bond acceptors (Lipinski definition) is 4. The zero-order valence-corrected chi connectivity index (χ0v) is 13.8. The van der Waals surface area contributed by atoms with E-state index in [0.29, 0.717) is 17.1 Å². The molecular weight excluding hydrogens is 312 g/mol. The quantitative estimate of drug-likeness (QED) is 0.708. The predicted molar refractivity (Wildman–Crippen MR) is 85.0 cm³/mol. The highest BCUT2D eigenvalue weighted by molar-refractivity contribution is 7.89. The SMILES string of the molecule is C=CCN(CCO)S(=O)(=O)c1cc(Cl)cc(CNC)c1C. The Kier molecular flexibility index (Phi) is 6.83. The van der Waals surface area contributed by atoms with Crippen molar-refractivity contribution in [2.24, 2.45) is 0 Å². The van der Waals surface area contributed by atoms with Gasteiger partial charge in [0.05, 0.1) is 11.5 Å². The van der Waals surface area contributed by atoms with Crippen LogP contribution in [0.5, 0.6) is 0 Å². The maximum absolute atomic E-state index is 12.7. The van der Waals surface area contributed by atoms with Crippen molar-refractivity contribution >= 4 is 21.6 Å². The summed E-state index contributed by atoms with van der Waals surface area (Å²) >= 11 is 6.04. The molecule has 1 aromatic carbocycles. The predicted octanol–water partition coefficient (Wildman–Crippen LogP) is 1.54. The number of nitrogens with zero attached hydrogens (tertiary/aromatic N) is 1. The van der Waals surface area contributed by atoms with Gasteiger partial charge in [-0.3, -0.25) is 0 Å². The summed E-state index contributed by atoms with van der Waals surface area (Å²) in [6.45, 7) is 5.72. The lowest BCUT2D eigenvalue weighted by Gasteiger charge is -2.22. The average Bonchev–Trinajstić information content (AvgIpc) is 2.42. The molecule has 0 saturated carbocycles. The van der Waals surface area contributed by atoms with Crippen molar-refractivity contribution in [2.75, 3.05) is 26.7 Å². The Morgan fingerprint density at radius 3 is 2.67 bits per heavy atom. The Labute approximate surface area is 131 Å². The number of benzene rings is 1. The van der Waals surface area contributed by atoms with Gasteiger partial charge in [0.1, 0.15) is 0 Å². The Morgan fingerprint density at radius 1 is 1.48 bits per heavy atom. The highest BCUT2D eigenvalue weighted by Gasteiger charge is 2.26. The van der Waals surface area contributed by atoms with E-state index in [1.807, 2.05) is 0 Å². The second-order valence-corrected chi connectivity index (χ2v) is 6.94. The van der Waals surface area contributed by atoms with Crippen molar-refractivity contribution in [2.45, 2.75) is 18.4 Å². The molecule has 0 aliphatic heterocycles. The minimum atomic E-state index is -3.73. The third-order valence-electron chi connectivity index (χ3n) is 3.10. The largest absolute Gasteiger partial charge is 0.395 e. The molecule has 0 saturated heterocycles. The molecule has 0 atom stereocenters. The van der Waals surface area contributed by atoms with E-state index in [9.17, 15) is 8.42 Å². The lowest BCUT2D eigenvalue weighted by Crippen LogP contribution is -2.34. The van der Waals surface area contributed by atoms with Gasteiger partial charge >= 0.3 is 0 Å². The summed E-state index contributed by atoms with van der Waals surface area (Å²) in [5.41, 5.74) is 1.48. The van der Waals surface area contributed by atoms with E-state index in [2.05, 4.69) is 11.9 Å². The van der Waals surface area contributed by atoms with Crippen molar-refractivity contribution in [3.63, 3.8) is 0 Å². The first kappa shape index (κ1) is 18.1. The number of rotatable bonds is 8. The third-order valence-corrected chi connectivity index (χ3v) is 5.31. The van der Waals surface area contributed by atoms with Gasteiger partial charge in [-0.1, -0.05) is 17.7 Å². The fraction of sp³-hybridized carbons (Fsp3) is 0.429. The van der Waals surface area contributed by atoms with Gasteiger partial charge in [-0.2, -0.15) is 4.31 Å². The van der Waals surface area contributed by atoms with Gasteiger partial charge in [0.15, 0.2) is 0 Å². The van der Waals surface area contributed by atoms with Gasteiger partial charge in [-0.25, -0.2) is 8.42 Å². The molecule has 21 heavy (non-hydrogen) atoms. The molecule has 118 valence electrons. The fourth-order valence-electron chi connectivity index (χ4n) is 2.05. The second-order valence-electron chi connectivity index (χ2n) is 4.59. The summed E-state index contributed by atoms with van der Waals surface area (Å²) in [5.74, 6) is 0.